The molecule has 4 rings (SSSR count). The largest absolute Gasteiger partial charge is 0.309 e. The molecule has 0 aliphatic carbocycles. The second-order valence-corrected chi connectivity index (χ2v) is 9.23. The third-order valence-electron chi connectivity index (χ3n) is 5.61. The first-order valence-electron chi connectivity index (χ1n) is 9.90. The molecule has 2 aromatic heterocycles. The van der Waals surface area contributed by atoms with Crippen LogP contribution in [0.1, 0.15) is 33.0 Å². The van der Waals surface area contributed by atoms with Gasteiger partial charge in [0.05, 0.1) is 11.9 Å². The number of benzene rings is 1. The number of thiophene rings is 1. The molecule has 1 aromatic carbocycles. The van der Waals surface area contributed by atoms with E-state index < -0.39 is 0 Å². The Morgan fingerprint density at radius 1 is 0.964 bits per heavy atom. The van der Waals surface area contributed by atoms with Crippen LogP contribution < -0.4 is 5.56 Å². The molecule has 1 aliphatic rings. The van der Waals surface area contributed by atoms with Gasteiger partial charge in [0, 0.05) is 37.6 Å². The van der Waals surface area contributed by atoms with Crippen LogP contribution in [-0.2, 0) is 13.1 Å². The topological polar surface area (TPSA) is 52.2 Å². The molecule has 3 aromatic rings. The van der Waals surface area contributed by atoms with Gasteiger partial charge in [-0.1, -0.05) is 29.3 Å². The zero-order valence-corrected chi connectivity index (χ0v) is 17.9. The molecule has 148 valence electrons. The van der Waals surface area contributed by atoms with Gasteiger partial charge in [-0.25, -0.2) is 4.98 Å². The van der Waals surface area contributed by atoms with Gasteiger partial charge in [0.2, 0.25) is 0 Å². The smallest absolute Gasteiger partial charge is 0.259 e. The molecule has 0 bridgehead atoms. The molecule has 28 heavy (non-hydrogen) atoms. The molecular formula is C22H28N4OS. The molecule has 0 spiro atoms. The van der Waals surface area contributed by atoms with Crippen molar-refractivity contribution in [2.75, 3.05) is 26.2 Å². The Morgan fingerprint density at radius 3 is 2.21 bits per heavy atom. The second-order valence-electron chi connectivity index (χ2n) is 8.02. The lowest BCUT2D eigenvalue weighted by Gasteiger charge is -2.34. The lowest BCUT2D eigenvalue weighted by atomic mass is 10.1. The lowest BCUT2D eigenvalue weighted by Crippen LogP contribution is -2.45. The highest BCUT2D eigenvalue weighted by Gasteiger charge is 2.19. The van der Waals surface area contributed by atoms with Crippen molar-refractivity contribution in [3.05, 3.63) is 61.5 Å². The van der Waals surface area contributed by atoms with Gasteiger partial charge in [0.1, 0.15) is 10.7 Å². The number of aryl methyl sites for hydroxylation is 4. The molecule has 5 nitrogen and oxygen atoms in total. The van der Waals surface area contributed by atoms with E-state index in [0.29, 0.717) is 6.54 Å². The number of rotatable bonds is 4. The minimum Gasteiger partial charge on any atom is -0.309 e. The van der Waals surface area contributed by atoms with Gasteiger partial charge in [0.15, 0.2) is 0 Å². The van der Waals surface area contributed by atoms with E-state index in [-0.39, 0.29) is 5.56 Å². The summed E-state index contributed by atoms with van der Waals surface area (Å²) < 4.78 is 0. The van der Waals surface area contributed by atoms with Crippen LogP contribution in [0.2, 0.25) is 0 Å². The predicted molar refractivity (Wildman–Crippen MR) is 116 cm³/mol. The maximum atomic E-state index is 12.5. The highest BCUT2D eigenvalue weighted by atomic mass is 32.1. The molecule has 0 unspecified atom stereocenters. The van der Waals surface area contributed by atoms with Crippen molar-refractivity contribution in [1.82, 2.24) is 19.8 Å². The van der Waals surface area contributed by atoms with Crippen molar-refractivity contribution in [2.24, 2.45) is 0 Å². The average Bonchev–Trinajstić information content (AvgIpc) is 2.90. The monoisotopic (exact) mass is 396 g/mol. The number of fused-ring (bicyclic) bond motifs is 1. The first-order chi connectivity index (χ1) is 13.4. The third kappa shape index (κ3) is 4.04. The van der Waals surface area contributed by atoms with Gasteiger partial charge < -0.3 is 4.98 Å². The molecule has 0 radical (unpaired) electrons. The van der Waals surface area contributed by atoms with Crippen LogP contribution in [0.25, 0.3) is 10.2 Å². The Kier molecular flexibility index (Phi) is 5.36. The number of hydrogen-bond acceptors (Lipinski definition) is 5. The number of hydrogen-bond donors (Lipinski definition) is 1. The summed E-state index contributed by atoms with van der Waals surface area (Å²) in [6.45, 7) is 14.2. The van der Waals surface area contributed by atoms with E-state index >= 15 is 0 Å². The Morgan fingerprint density at radius 2 is 1.57 bits per heavy atom. The summed E-state index contributed by atoms with van der Waals surface area (Å²) in [5, 5.41) is 0.754. The fourth-order valence-electron chi connectivity index (χ4n) is 4.11. The maximum absolute atomic E-state index is 12.5. The van der Waals surface area contributed by atoms with E-state index in [1.54, 1.807) is 11.3 Å². The van der Waals surface area contributed by atoms with Crippen molar-refractivity contribution in [3.63, 3.8) is 0 Å². The van der Waals surface area contributed by atoms with E-state index in [1.807, 2.05) is 6.92 Å². The summed E-state index contributed by atoms with van der Waals surface area (Å²) in [6, 6.07) is 6.80. The van der Waals surface area contributed by atoms with Gasteiger partial charge in [-0.2, -0.15) is 0 Å². The quantitative estimate of drug-likeness (QED) is 0.733. The number of nitrogens with one attached hydrogen (secondary N) is 1. The third-order valence-corrected chi connectivity index (χ3v) is 6.72. The maximum Gasteiger partial charge on any atom is 0.259 e. The van der Waals surface area contributed by atoms with E-state index in [2.05, 4.69) is 53.8 Å². The number of H-pyrrole nitrogens is 1. The SMILES string of the molecule is Cc1cc(C)cc(CN2CCN(Cc3nc4sc(C)c(C)c4c(=O)[nH]3)CC2)c1. The molecule has 1 fully saturated rings. The standard InChI is InChI=1S/C22H28N4OS/c1-14-9-15(2)11-18(10-14)12-25-5-7-26(8-6-25)13-19-23-21(27)20-16(3)17(4)28-22(20)24-19/h9-11H,5-8,12-13H2,1-4H3,(H,23,24,27). The molecule has 0 atom stereocenters. The van der Waals surface area contributed by atoms with Gasteiger partial charge in [-0.15, -0.1) is 11.3 Å². The van der Waals surface area contributed by atoms with Gasteiger partial charge >= 0.3 is 0 Å². The Bertz CT molecular complexity index is 1040. The van der Waals surface area contributed by atoms with Crippen LogP contribution in [0.3, 0.4) is 0 Å². The molecule has 0 amide bonds. The van der Waals surface area contributed by atoms with Crippen molar-refractivity contribution < 1.29 is 0 Å². The van der Waals surface area contributed by atoms with Crippen LogP contribution in [0.15, 0.2) is 23.0 Å². The summed E-state index contributed by atoms with van der Waals surface area (Å²) >= 11 is 1.62. The Balaban J connectivity index is 1.39. The summed E-state index contributed by atoms with van der Waals surface area (Å²) in [6.07, 6.45) is 0. The van der Waals surface area contributed by atoms with Crippen molar-refractivity contribution in [3.8, 4) is 0 Å². The minimum atomic E-state index is -0.00435. The second kappa shape index (κ2) is 7.78. The lowest BCUT2D eigenvalue weighted by molar-refractivity contribution is 0.120. The van der Waals surface area contributed by atoms with Crippen LogP contribution >= 0.6 is 11.3 Å². The average molecular weight is 397 g/mol. The van der Waals surface area contributed by atoms with Crippen molar-refractivity contribution in [1.29, 1.82) is 0 Å². The summed E-state index contributed by atoms with van der Waals surface area (Å²) in [7, 11) is 0. The fourth-order valence-corrected chi connectivity index (χ4v) is 5.16. The molecule has 3 heterocycles. The van der Waals surface area contributed by atoms with Crippen LogP contribution in [-0.4, -0.2) is 45.9 Å². The first-order valence-corrected chi connectivity index (χ1v) is 10.7. The van der Waals surface area contributed by atoms with Gasteiger partial charge in [-0.3, -0.25) is 14.6 Å². The highest BCUT2D eigenvalue weighted by Crippen LogP contribution is 2.25. The zero-order chi connectivity index (χ0) is 19.8. The number of aromatic nitrogens is 2. The zero-order valence-electron chi connectivity index (χ0n) is 17.1. The Hall–Kier alpha value is -2.02. The summed E-state index contributed by atoms with van der Waals surface area (Å²) in [5.74, 6) is 0.779. The molecule has 0 saturated carbocycles. The number of aromatic amines is 1. The van der Waals surface area contributed by atoms with Gasteiger partial charge in [-0.05, 0) is 38.8 Å². The van der Waals surface area contributed by atoms with Crippen LogP contribution in [0.4, 0.5) is 0 Å². The normalized spacial score (nSPS) is 16.1. The minimum absolute atomic E-state index is 0.00435. The van der Waals surface area contributed by atoms with E-state index in [0.717, 1.165) is 54.3 Å². The van der Waals surface area contributed by atoms with Crippen molar-refractivity contribution in [2.45, 2.75) is 40.8 Å². The molecule has 6 heteroatoms. The van der Waals surface area contributed by atoms with Gasteiger partial charge in [0.25, 0.3) is 5.56 Å². The molecular weight excluding hydrogens is 368 g/mol. The highest BCUT2D eigenvalue weighted by molar-refractivity contribution is 7.18. The molecule has 1 N–H and O–H groups in total. The summed E-state index contributed by atoms with van der Waals surface area (Å²) in [4.78, 5) is 27.1. The predicted octanol–water partition coefficient (Wildman–Crippen LogP) is 3.54. The van der Waals surface area contributed by atoms with E-state index in [9.17, 15) is 4.79 Å². The van der Waals surface area contributed by atoms with E-state index in [4.69, 9.17) is 4.98 Å². The number of nitrogens with zero attached hydrogens (tertiary/aromatic N) is 3. The first kappa shape index (κ1) is 19.3. The van der Waals surface area contributed by atoms with Crippen LogP contribution in [0, 0.1) is 27.7 Å². The molecule has 1 aliphatic heterocycles. The Labute approximate surface area is 170 Å². The van der Waals surface area contributed by atoms with Crippen LogP contribution in [0.5, 0.6) is 0 Å². The molecule has 1 saturated heterocycles. The van der Waals surface area contributed by atoms with Crippen molar-refractivity contribution >= 4 is 21.6 Å². The number of piperazine rings is 1. The fraction of sp³-hybridized carbons (Fsp3) is 0.455. The van der Waals surface area contributed by atoms with E-state index in [1.165, 1.54) is 21.6 Å². The summed E-state index contributed by atoms with van der Waals surface area (Å²) in [5.41, 5.74) is 5.11.